The van der Waals surface area contributed by atoms with Gasteiger partial charge >= 0.3 is 11.9 Å². The summed E-state index contributed by atoms with van der Waals surface area (Å²) in [7, 11) is 0. The smallest absolute Gasteiger partial charge is 0.339 e. The van der Waals surface area contributed by atoms with E-state index < -0.39 is 11.9 Å². The fourth-order valence-corrected chi connectivity index (χ4v) is 1.82. The van der Waals surface area contributed by atoms with Gasteiger partial charge in [-0.3, -0.25) is 0 Å². The van der Waals surface area contributed by atoms with Crippen LogP contribution in [0.5, 0.6) is 11.5 Å². The minimum absolute atomic E-state index is 0.0958. The Bertz CT molecular complexity index is 711. The molecular formula is C16H15NO5. The Hall–Kier alpha value is -3.02. The van der Waals surface area contributed by atoms with E-state index in [-0.39, 0.29) is 23.5 Å². The van der Waals surface area contributed by atoms with Crippen LogP contribution in [-0.4, -0.2) is 23.7 Å². The summed E-state index contributed by atoms with van der Waals surface area (Å²) in [5.41, 5.74) is 6.15. The molecule has 6 nitrogen and oxygen atoms in total. The first-order chi connectivity index (χ1) is 10.5. The summed E-state index contributed by atoms with van der Waals surface area (Å²) < 4.78 is 10.4. The molecule has 22 heavy (non-hydrogen) atoms. The number of rotatable bonds is 5. The Morgan fingerprint density at radius 3 is 2.50 bits per heavy atom. The van der Waals surface area contributed by atoms with Crippen LogP contribution in [0.1, 0.15) is 27.6 Å². The highest BCUT2D eigenvalue weighted by Gasteiger charge is 2.17. The van der Waals surface area contributed by atoms with Crippen LogP contribution >= 0.6 is 0 Å². The maximum Gasteiger partial charge on any atom is 0.339 e. The molecule has 6 heteroatoms. The number of carbonyl (C=O) groups is 2. The number of nitrogen functional groups attached to an aromatic ring is 1. The van der Waals surface area contributed by atoms with Crippen LogP contribution in [0.15, 0.2) is 42.5 Å². The third-order valence-corrected chi connectivity index (χ3v) is 2.86. The van der Waals surface area contributed by atoms with E-state index in [4.69, 9.17) is 15.2 Å². The predicted octanol–water partition coefficient (Wildman–Crippen LogP) is 2.94. The van der Waals surface area contributed by atoms with Gasteiger partial charge < -0.3 is 20.3 Å². The monoisotopic (exact) mass is 301 g/mol. The van der Waals surface area contributed by atoms with E-state index in [0.29, 0.717) is 11.4 Å². The Morgan fingerprint density at radius 1 is 1.14 bits per heavy atom. The van der Waals surface area contributed by atoms with E-state index in [0.717, 1.165) is 0 Å². The van der Waals surface area contributed by atoms with Gasteiger partial charge in [0.25, 0.3) is 0 Å². The van der Waals surface area contributed by atoms with Gasteiger partial charge in [0.1, 0.15) is 17.1 Å². The van der Waals surface area contributed by atoms with Crippen molar-refractivity contribution in [1.29, 1.82) is 0 Å². The first kappa shape index (κ1) is 15.4. The lowest BCUT2D eigenvalue weighted by molar-refractivity contribution is 0.0526. The largest absolute Gasteiger partial charge is 0.478 e. The van der Waals surface area contributed by atoms with Crippen LogP contribution in [0.3, 0.4) is 0 Å². The van der Waals surface area contributed by atoms with E-state index in [9.17, 15) is 14.7 Å². The van der Waals surface area contributed by atoms with Crippen molar-refractivity contribution in [2.45, 2.75) is 6.92 Å². The van der Waals surface area contributed by atoms with E-state index in [2.05, 4.69) is 0 Å². The molecule has 0 unspecified atom stereocenters. The quantitative estimate of drug-likeness (QED) is 0.650. The number of aromatic carboxylic acids is 1. The van der Waals surface area contributed by atoms with Gasteiger partial charge in [-0.05, 0) is 37.3 Å². The molecule has 0 fully saturated rings. The van der Waals surface area contributed by atoms with Crippen molar-refractivity contribution in [2.75, 3.05) is 12.3 Å². The van der Waals surface area contributed by atoms with Crippen molar-refractivity contribution in [3.05, 3.63) is 53.6 Å². The van der Waals surface area contributed by atoms with Crippen LogP contribution in [0.25, 0.3) is 0 Å². The molecule has 0 aliphatic carbocycles. The van der Waals surface area contributed by atoms with Gasteiger partial charge in [-0.25, -0.2) is 9.59 Å². The van der Waals surface area contributed by atoms with Crippen molar-refractivity contribution in [3.63, 3.8) is 0 Å². The number of benzene rings is 2. The Balaban J connectivity index is 2.38. The van der Waals surface area contributed by atoms with Crippen molar-refractivity contribution in [3.8, 4) is 11.5 Å². The Kier molecular flexibility index (Phi) is 4.63. The van der Waals surface area contributed by atoms with Gasteiger partial charge in [0.05, 0.1) is 17.9 Å². The van der Waals surface area contributed by atoms with Crippen LogP contribution in [-0.2, 0) is 4.74 Å². The number of para-hydroxylation sites is 2. The molecule has 2 aromatic rings. The topological polar surface area (TPSA) is 98.9 Å². The number of nitrogens with two attached hydrogens (primary N) is 1. The number of carbonyl (C=O) groups excluding carboxylic acids is 1. The third kappa shape index (κ3) is 3.35. The Morgan fingerprint density at radius 2 is 1.86 bits per heavy atom. The van der Waals surface area contributed by atoms with E-state index in [1.165, 1.54) is 18.2 Å². The van der Waals surface area contributed by atoms with Crippen molar-refractivity contribution < 1.29 is 24.2 Å². The first-order valence-corrected chi connectivity index (χ1v) is 6.59. The highest BCUT2D eigenvalue weighted by molar-refractivity contribution is 5.96. The zero-order valence-corrected chi connectivity index (χ0v) is 11.9. The molecule has 0 radical (unpaired) electrons. The lowest BCUT2D eigenvalue weighted by Gasteiger charge is -2.11. The average Bonchev–Trinajstić information content (AvgIpc) is 2.50. The fourth-order valence-electron chi connectivity index (χ4n) is 1.82. The number of anilines is 1. The molecule has 0 aliphatic heterocycles. The number of ether oxygens (including phenoxy) is 2. The zero-order valence-electron chi connectivity index (χ0n) is 11.9. The number of hydrogen-bond acceptors (Lipinski definition) is 5. The minimum Gasteiger partial charge on any atom is -0.478 e. The number of carboxylic acid groups (broad SMARTS) is 1. The fraction of sp³-hybridized carbons (Fsp3) is 0.125. The molecule has 2 rings (SSSR count). The summed E-state index contributed by atoms with van der Waals surface area (Å²) in [5, 5.41) is 9.29. The normalized spacial score (nSPS) is 10.0. The first-order valence-electron chi connectivity index (χ1n) is 6.59. The average molecular weight is 301 g/mol. The van der Waals surface area contributed by atoms with Crippen LogP contribution in [0.4, 0.5) is 5.69 Å². The molecule has 0 amide bonds. The second-order valence-electron chi connectivity index (χ2n) is 4.38. The van der Waals surface area contributed by atoms with Crippen LogP contribution < -0.4 is 10.5 Å². The standard InChI is InChI=1S/C16H15NO5/c1-2-21-16(20)10-7-8-13(11(9-10)15(18)19)22-14-6-4-3-5-12(14)17/h3-9H,2,17H2,1H3,(H,18,19). The summed E-state index contributed by atoms with van der Waals surface area (Å²) in [6, 6.07) is 10.8. The SMILES string of the molecule is CCOC(=O)c1ccc(Oc2ccccc2N)c(C(=O)O)c1. The number of esters is 1. The highest BCUT2D eigenvalue weighted by atomic mass is 16.5. The molecule has 0 saturated carbocycles. The molecule has 3 N–H and O–H groups in total. The van der Waals surface area contributed by atoms with Gasteiger partial charge in [0.15, 0.2) is 0 Å². The molecular weight excluding hydrogens is 286 g/mol. The maximum absolute atomic E-state index is 11.7. The molecule has 114 valence electrons. The summed E-state index contributed by atoms with van der Waals surface area (Å²) in [6.07, 6.45) is 0. The van der Waals surface area contributed by atoms with E-state index in [1.807, 2.05) is 0 Å². The maximum atomic E-state index is 11.7. The lowest BCUT2D eigenvalue weighted by Crippen LogP contribution is -2.08. The molecule has 2 aromatic carbocycles. The van der Waals surface area contributed by atoms with Crippen LogP contribution in [0.2, 0.25) is 0 Å². The summed E-state index contributed by atoms with van der Waals surface area (Å²) in [5.74, 6) is -1.36. The molecule has 0 atom stereocenters. The molecule has 0 spiro atoms. The van der Waals surface area contributed by atoms with Gasteiger partial charge in [0, 0.05) is 0 Å². The van der Waals surface area contributed by atoms with Gasteiger partial charge in [-0.15, -0.1) is 0 Å². The van der Waals surface area contributed by atoms with Crippen molar-refractivity contribution >= 4 is 17.6 Å². The van der Waals surface area contributed by atoms with Crippen molar-refractivity contribution in [1.82, 2.24) is 0 Å². The number of carboxylic acids is 1. The van der Waals surface area contributed by atoms with Gasteiger partial charge in [-0.2, -0.15) is 0 Å². The van der Waals surface area contributed by atoms with Gasteiger partial charge in [-0.1, -0.05) is 12.1 Å². The second-order valence-corrected chi connectivity index (χ2v) is 4.38. The molecule has 0 heterocycles. The lowest BCUT2D eigenvalue weighted by atomic mass is 10.1. The summed E-state index contributed by atoms with van der Waals surface area (Å²) in [6.45, 7) is 1.88. The number of hydrogen-bond donors (Lipinski definition) is 2. The highest BCUT2D eigenvalue weighted by Crippen LogP contribution is 2.30. The molecule has 0 aromatic heterocycles. The zero-order chi connectivity index (χ0) is 16.1. The minimum atomic E-state index is -1.21. The van der Waals surface area contributed by atoms with Crippen molar-refractivity contribution in [2.24, 2.45) is 0 Å². The summed E-state index contributed by atoms with van der Waals surface area (Å²) in [4.78, 5) is 23.0. The van der Waals surface area contributed by atoms with Crippen LogP contribution in [0, 0.1) is 0 Å². The van der Waals surface area contributed by atoms with Gasteiger partial charge in [0.2, 0.25) is 0 Å². The molecule has 0 bridgehead atoms. The third-order valence-electron chi connectivity index (χ3n) is 2.86. The van der Waals surface area contributed by atoms with E-state index in [1.54, 1.807) is 31.2 Å². The molecule has 0 saturated heterocycles. The predicted molar refractivity (Wildman–Crippen MR) is 80.3 cm³/mol. The molecule has 0 aliphatic rings. The second kappa shape index (κ2) is 6.62. The van der Waals surface area contributed by atoms with E-state index >= 15 is 0 Å². The Labute approximate surface area is 127 Å². The summed E-state index contributed by atoms with van der Waals surface area (Å²) >= 11 is 0.